The minimum atomic E-state index is -0.936. The molecule has 1 aromatic heterocycles. The molecular formula is C18H19ClN2O4. The highest BCUT2D eigenvalue weighted by atomic mass is 35.5. The predicted molar refractivity (Wildman–Crippen MR) is 92.3 cm³/mol. The van der Waals surface area contributed by atoms with E-state index in [-0.39, 0.29) is 12.3 Å². The summed E-state index contributed by atoms with van der Waals surface area (Å²) in [4.78, 5) is 29.3. The average molecular weight is 363 g/mol. The number of benzene rings is 1. The van der Waals surface area contributed by atoms with Crippen LogP contribution in [-0.4, -0.2) is 39.5 Å². The van der Waals surface area contributed by atoms with Crippen molar-refractivity contribution < 1.29 is 19.1 Å². The van der Waals surface area contributed by atoms with Crippen molar-refractivity contribution >= 4 is 23.5 Å². The third kappa shape index (κ3) is 4.20. The first-order chi connectivity index (χ1) is 12.0. The Morgan fingerprint density at radius 1 is 1.28 bits per heavy atom. The van der Waals surface area contributed by atoms with E-state index in [4.69, 9.17) is 16.0 Å². The Morgan fingerprint density at radius 2 is 2.04 bits per heavy atom. The summed E-state index contributed by atoms with van der Waals surface area (Å²) in [5.74, 6) is -0.0322. The molecule has 1 atom stereocenters. The Bertz CT molecular complexity index is 757. The van der Waals surface area contributed by atoms with Gasteiger partial charge in [0.05, 0.1) is 6.20 Å². The molecule has 0 unspecified atom stereocenters. The van der Waals surface area contributed by atoms with Gasteiger partial charge in [-0.15, -0.1) is 0 Å². The molecule has 6 nitrogen and oxygen atoms in total. The Balaban J connectivity index is 1.61. The molecule has 1 fully saturated rings. The van der Waals surface area contributed by atoms with Crippen LogP contribution in [0.15, 0.2) is 34.9 Å². The van der Waals surface area contributed by atoms with Crippen LogP contribution in [0.5, 0.6) is 0 Å². The van der Waals surface area contributed by atoms with Crippen LogP contribution in [0.2, 0.25) is 5.02 Å². The van der Waals surface area contributed by atoms with Crippen LogP contribution >= 0.6 is 11.6 Å². The standard InChI is InChI=1S/C18H19ClN2O4/c19-13-6-4-12(5-7-13)15-11-20-16(25-15)8-9-17(22)21-10-2-1-3-14(21)18(23)24/h4-7,11,14H,1-3,8-10H2,(H,23,24)/t14-/m0/s1. The highest BCUT2D eigenvalue weighted by Gasteiger charge is 2.31. The van der Waals surface area contributed by atoms with Gasteiger partial charge in [0.1, 0.15) is 6.04 Å². The number of aliphatic carboxylic acids is 1. The zero-order chi connectivity index (χ0) is 17.8. The number of nitrogens with zero attached hydrogens (tertiary/aromatic N) is 2. The summed E-state index contributed by atoms with van der Waals surface area (Å²) in [5, 5.41) is 9.90. The summed E-state index contributed by atoms with van der Waals surface area (Å²) >= 11 is 5.87. The number of oxazole rings is 1. The zero-order valence-corrected chi connectivity index (χ0v) is 14.4. The lowest BCUT2D eigenvalue weighted by atomic mass is 10.0. The van der Waals surface area contributed by atoms with Crippen molar-refractivity contribution in [2.24, 2.45) is 0 Å². The maximum Gasteiger partial charge on any atom is 0.326 e. The molecule has 7 heteroatoms. The molecule has 0 bridgehead atoms. The van der Waals surface area contributed by atoms with Gasteiger partial charge in [-0.1, -0.05) is 11.6 Å². The maximum absolute atomic E-state index is 12.4. The maximum atomic E-state index is 12.4. The predicted octanol–water partition coefficient (Wildman–Crippen LogP) is 3.39. The number of likely N-dealkylation sites (tertiary alicyclic amines) is 1. The van der Waals surface area contributed by atoms with Crippen LogP contribution in [0.25, 0.3) is 11.3 Å². The highest BCUT2D eigenvalue weighted by molar-refractivity contribution is 6.30. The second-order valence-electron chi connectivity index (χ2n) is 6.06. The SMILES string of the molecule is O=C(O)[C@@H]1CCCCN1C(=O)CCc1ncc(-c2ccc(Cl)cc2)o1. The smallest absolute Gasteiger partial charge is 0.326 e. The molecule has 1 aromatic carbocycles. The molecule has 1 aliphatic rings. The van der Waals surface area contributed by atoms with E-state index in [0.29, 0.717) is 36.1 Å². The number of aromatic nitrogens is 1. The van der Waals surface area contributed by atoms with E-state index >= 15 is 0 Å². The molecule has 0 radical (unpaired) electrons. The number of hydrogen-bond acceptors (Lipinski definition) is 4. The van der Waals surface area contributed by atoms with Crippen molar-refractivity contribution in [2.45, 2.75) is 38.1 Å². The minimum Gasteiger partial charge on any atom is -0.480 e. The lowest BCUT2D eigenvalue weighted by Gasteiger charge is -2.32. The second kappa shape index (κ2) is 7.70. The molecule has 0 aliphatic carbocycles. The highest BCUT2D eigenvalue weighted by Crippen LogP contribution is 2.23. The minimum absolute atomic E-state index is 0.168. The number of carbonyl (C=O) groups is 2. The number of halogens is 1. The van der Waals surface area contributed by atoms with E-state index < -0.39 is 12.0 Å². The molecule has 2 aromatic rings. The van der Waals surface area contributed by atoms with Crippen molar-refractivity contribution in [1.82, 2.24) is 9.88 Å². The molecule has 1 N–H and O–H groups in total. The number of aryl methyl sites for hydroxylation is 1. The summed E-state index contributed by atoms with van der Waals surface area (Å²) in [7, 11) is 0. The zero-order valence-electron chi connectivity index (χ0n) is 13.7. The van der Waals surface area contributed by atoms with Crippen molar-refractivity contribution in [1.29, 1.82) is 0 Å². The first-order valence-electron chi connectivity index (χ1n) is 8.27. The third-order valence-electron chi connectivity index (χ3n) is 4.34. The number of hydrogen-bond donors (Lipinski definition) is 1. The fourth-order valence-electron chi connectivity index (χ4n) is 3.02. The topological polar surface area (TPSA) is 83.6 Å². The van der Waals surface area contributed by atoms with E-state index in [0.717, 1.165) is 18.4 Å². The molecule has 132 valence electrons. The normalized spacial score (nSPS) is 17.5. The van der Waals surface area contributed by atoms with Crippen LogP contribution in [0, 0.1) is 0 Å². The number of rotatable bonds is 5. The Morgan fingerprint density at radius 3 is 2.76 bits per heavy atom. The first-order valence-corrected chi connectivity index (χ1v) is 8.65. The van der Waals surface area contributed by atoms with E-state index in [1.807, 2.05) is 12.1 Å². The summed E-state index contributed by atoms with van der Waals surface area (Å²) in [5.41, 5.74) is 0.858. The van der Waals surface area contributed by atoms with Gasteiger partial charge < -0.3 is 14.4 Å². The Labute approximate surface area is 150 Å². The Hall–Kier alpha value is -2.34. The molecule has 1 saturated heterocycles. The van der Waals surface area contributed by atoms with Gasteiger partial charge in [0.15, 0.2) is 11.7 Å². The lowest BCUT2D eigenvalue weighted by molar-refractivity contribution is -0.152. The molecule has 0 saturated carbocycles. The van der Waals surface area contributed by atoms with E-state index in [2.05, 4.69) is 4.98 Å². The lowest BCUT2D eigenvalue weighted by Crippen LogP contribution is -2.48. The van der Waals surface area contributed by atoms with Gasteiger partial charge in [-0.2, -0.15) is 0 Å². The summed E-state index contributed by atoms with van der Waals surface area (Å²) < 4.78 is 5.68. The fourth-order valence-corrected chi connectivity index (χ4v) is 3.14. The van der Waals surface area contributed by atoms with Crippen LogP contribution in [0.3, 0.4) is 0 Å². The molecule has 1 aliphatic heterocycles. The van der Waals surface area contributed by atoms with E-state index in [9.17, 15) is 14.7 Å². The van der Waals surface area contributed by atoms with Crippen molar-refractivity contribution in [3.05, 3.63) is 41.4 Å². The van der Waals surface area contributed by atoms with Crippen LogP contribution in [0.1, 0.15) is 31.6 Å². The fraction of sp³-hybridized carbons (Fsp3) is 0.389. The molecule has 1 amide bonds. The second-order valence-corrected chi connectivity index (χ2v) is 6.50. The average Bonchev–Trinajstić information content (AvgIpc) is 3.09. The number of carboxylic acids is 1. The molecule has 0 spiro atoms. The van der Waals surface area contributed by atoms with Gasteiger partial charge in [0.2, 0.25) is 5.91 Å². The van der Waals surface area contributed by atoms with Gasteiger partial charge >= 0.3 is 5.97 Å². The summed E-state index contributed by atoms with van der Waals surface area (Å²) in [6.07, 6.45) is 4.34. The molecular weight excluding hydrogens is 344 g/mol. The van der Waals surface area contributed by atoms with Crippen LogP contribution in [0.4, 0.5) is 0 Å². The van der Waals surface area contributed by atoms with Crippen molar-refractivity contribution in [3.8, 4) is 11.3 Å². The number of carboxylic acid groups (broad SMARTS) is 1. The number of carbonyl (C=O) groups excluding carboxylic acids is 1. The monoisotopic (exact) mass is 362 g/mol. The molecule has 3 rings (SSSR count). The molecule has 2 heterocycles. The van der Waals surface area contributed by atoms with Gasteiger partial charge in [0, 0.05) is 30.0 Å². The quantitative estimate of drug-likeness (QED) is 0.881. The summed E-state index contributed by atoms with van der Waals surface area (Å²) in [6.45, 7) is 0.497. The summed E-state index contributed by atoms with van der Waals surface area (Å²) in [6, 6.07) is 6.50. The first kappa shape index (κ1) is 17.5. The van der Waals surface area contributed by atoms with Gasteiger partial charge in [0.25, 0.3) is 0 Å². The third-order valence-corrected chi connectivity index (χ3v) is 4.60. The van der Waals surface area contributed by atoms with Crippen molar-refractivity contribution in [2.75, 3.05) is 6.54 Å². The Kier molecular flexibility index (Phi) is 5.38. The van der Waals surface area contributed by atoms with Crippen LogP contribution in [-0.2, 0) is 16.0 Å². The van der Waals surface area contributed by atoms with Gasteiger partial charge in [-0.05, 0) is 43.5 Å². The van der Waals surface area contributed by atoms with Crippen molar-refractivity contribution in [3.63, 3.8) is 0 Å². The van der Waals surface area contributed by atoms with E-state index in [1.165, 1.54) is 4.90 Å². The van der Waals surface area contributed by atoms with Crippen LogP contribution < -0.4 is 0 Å². The number of amides is 1. The van der Waals surface area contributed by atoms with Gasteiger partial charge in [-0.3, -0.25) is 4.79 Å². The largest absolute Gasteiger partial charge is 0.480 e. The van der Waals surface area contributed by atoms with E-state index in [1.54, 1.807) is 18.3 Å². The number of piperidine rings is 1. The van der Waals surface area contributed by atoms with Gasteiger partial charge in [-0.25, -0.2) is 9.78 Å². The molecule has 25 heavy (non-hydrogen) atoms.